The second-order valence-electron chi connectivity index (χ2n) is 8.29. The highest BCUT2D eigenvalue weighted by atomic mass is 31.2. The van der Waals surface area contributed by atoms with Crippen LogP contribution in [0.3, 0.4) is 0 Å². The average Bonchev–Trinajstić information content (AvgIpc) is 3.40. The van der Waals surface area contributed by atoms with Gasteiger partial charge in [-0.2, -0.15) is 9.34 Å². The predicted octanol–water partition coefficient (Wildman–Crippen LogP) is 4.36. The molecule has 4 rings (SSSR count). The average molecular weight is 506 g/mol. The van der Waals surface area contributed by atoms with E-state index < -0.39 is 13.5 Å². The summed E-state index contributed by atoms with van der Waals surface area (Å²) in [4.78, 5) is 10.5. The van der Waals surface area contributed by atoms with Gasteiger partial charge in [0.15, 0.2) is 7.56 Å². The fourth-order valence-electron chi connectivity index (χ4n) is 4.72. The second kappa shape index (κ2) is 13.3. The number of fused-ring (bicyclic) bond motifs is 1. The number of hydrogen-bond acceptors (Lipinski definition) is 6. The minimum Gasteiger partial charge on any atom is -0.545 e. The minimum absolute atomic E-state index is 0.0567. The number of H-pyrrole nitrogens is 1. The van der Waals surface area contributed by atoms with Crippen LogP contribution in [-0.2, 0) is 6.16 Å². The number of benzene rings is 3. The summed E-state index contributed by atoms with van der Waals surface area (Å²) in [6.45, 7) is 13.5. The first-order chi connectivity index (χ1) is 17.5. The molecule has 0 spiro atoms. The first-order valence-electron chi connectivity index (χ1n) is 12.5. The molecule has 8 heteroatoms. The van der Waals surface area contributed by atoms with E-state index in [1.807, 2.05) is 0 Å². The van der Waals surface area contributed by atoms with Crippen LogP contribution in [0, 0.1) is 0 Å². The number of aromatic amines is 1. The lowest BCUT2D eigenvalue weighted by molar-refractivity contribution is -0.254. The molecule has 190 valence electrons. The molecule has 3 aromatic carbocycles. The number of nitrogens with one attached hydrogen (secondary N) is 1. The van der Waals surface area contributed by atoms with Crippen molar-refractivity contribution in [3.05, 3.63) is 90.0 Å². The van der Waals surface area contributed by atoms with Gasteiger partial charge in [-0.05, 0) is 51.5 Å². The molecule has 0 saturated heterocycles. The lowest BCUT2D eigenvalue weighted by atomic mass is 10.2. The summed E-state index contributed by atoms with van der Waals surface area (Å²) in [5, 5.41) is 21.7. The number of nitrogens with zero attached hydrogens (tertiary/aromatic N) is 4. The van der Waals surface area contributed by atoms with E-state index in [-0.39, 0.29) is 5.56 Å². The van der Waals surface area contributed by atoms with Gasteiger partial charge in [-0.3, -0.25) is 5.10 Å². The van der Waals surface area contributed by atoms with Gasteiger partial charge in [-0.15, -0.1) is 5.10 Å². The van der Waals surface area contributed by atoms with E-state index in [0.717, 1.165) is 32.3 Å². The standard InChI is InChI=1S/C21H32N2P.C7H5N3O2/c1-5-22(6-2)24(23(7-3)8-4,21-17-13-10-14-18-21)19-20-15-11-9-12-16-20;11-7(12)4-2-1-3-5-6(4)9-10-8-5/h9-18H,5-8,19H2,1-4H3;1-3H,(H,11,12)(H,8,9,10)/q+1;/p-1. The monoisotopic (exact) mass is 505 g/mol. The van der Waals surface area contributed by atoms with Gasteiger partial charge in [-0.25, -0.2) is 0 Å². The van der Waals surface area contributed by atoms with Crippen LogP contribution in [0.25, 0.3) is 11.0 Å². The van der Waals surface area contributed by atoms with Crippen molar-refractivity contribution in [2.75, 3.05) is 26.2 Å². The number of carbonyl (C=O) groups is 1. The van der Waals surface area contributed by atoms with Crippen LogP contribution in [-0.4, -0.2) is 56.9 Å². The molecule has 0 saturated carbocycles. The predicted molar refractivity (Wildman–Crippen MR) is 147 cm³/mol. The van der Waals surface area contributed by atoms with Gasteiger partial charge < -0.3 is 9.90 Å². The van der Waals surface area contributed by atoms with E-state index in [4.69, 9.17) is 0 Å². The van der Waals surface area contributed by atoms with Crippen molar-refractivity contribution in [1.29, 1.82) is 0 Å². The maximum absolute atomic E-state index is 10.5. The molecule has 0 bridgehead atoms. The van der Waals surface area contributed by atoms with Crippen molar-refractivity contribution in [3.8, 4) is 0 Å². The smallest absolute Gasteiger partial charge is 0.190 e. The van der Waals surface area contributed by atoms with Crippen molar-refractivity contribution in [3.63, 3.8) is 0 Å². The number of aromatic nitrogens is 3. The van der Waals surface area contributed by atoms with Gasteiger partial charge in [0.05, 0.1) is 11.5 Å². The maximum atomic E-state index is 10.5. The van der Waals surface area contributed by atoms with Gasteiger partial charge in [-0.1, -0.05) is 65.9 Å². The zero-order valence-corrected chi connectivity index (χ0v) is 22.5. The van der Waals surface area contributed by atoms with E-state index in [1.165, 1.54) is 16.9 Å². The third-order valence-electron chi connectivity index (χ3n) is 6.39. The number of carboxylic acid groups (broad SMARTS) is 1. The molecule has 0 aliphatic heterocycles. The molecule has 0 unspecified atom stereocenters. The molecule has 1 heterocycles. The van der Waals surface area contributed by atoms with E-state index in [0.29, 0.717) is 11.0 Å². The Kier molecular flexibility index (Phi) is 10.1. The topological polar surface area (TPSA) is 88.2 Å². The van der Waals surface area contributed by atoms with Crippen molar-refractivity contribution >= 4 is 29.9 Å². The van der Waals surface area contributed by atoms with Crippen molar-refractivity contribution in [1.82, 2.24) is 24.8 Å². The second-order valence-corrected chi connectivity index (χ2v) is 11.7. The van der Waals surface area contributed by atoms with E-state index in [9.17, 15) is 9.90 Å². The zero-order chi connectivity index (χ0) is 26.0. The van der Waals surface area contributed by atoms with E-state index in [1.54, 1.807) is 12.1 Å². The number of carbonyl (C=O) groups excluding carboxylic acids is 1. The molecule has 0 atom stereocenters. The normalized spacial score (nSPS) is 11.5. The van der Waals surface area contributed by atoms with Crippen molar-refractivity contribution < 1.29 is 9.90 Å². The Morgan fingerprint density at radius 3 is 1.89 bits per heavy atom. The highest BCUT2D eigenvalue weighted by Crippen LogP contribution is 2.65. The molecule has 0 fully saturated rings. The summed E-state index contributed by atoms with van der Waals surface area (Å²) in [6.07, 6.45) is 1.11. The number of rotatable bonds is 10. The van der Waals surface area contributed by atoms with Crippen LogP contribution in [0.1, 0.15) is 43.6 Å². The molecule has 0 radical (unpaired) electrons. The summed E-state index contributed by atoms with van der Waals surface area (Å²) in [7, 11) is -1.62. The quantitative estimate of drug-likeness (QED) is 0.322. The fourth-order valence-corrected chi connectivity index (χ4v) is 9.55. The summed E-state index contributed by atoms with van der Waals surface area (Å²) in [6, 6.07) is 26.9. The van der Waals surface area contributed by atoms with Gasteiger partial charge in [0.2, 0.25) is 0 Å². The van der Waals surface area contributed by atoms with Crippen LogP contribution in [0.4, 0.5) is 0 Å². The van der Waals surface area contributed by atoms with E-state index >= 15 is 0 Å². The Labute approximate surface area is 214 Å². The first-order valence-corrected chi connectivity index (χ1v) is 14.4. The Morgan fingerprint density at radius 2 is 1.36 bits per heavy atom. The number of aromatic carboxylic acids is 1. The molecular weight excluding hydrogens is 469 g/mol. The molecule has 1 aromatic heterocycles. The highest BCUT2D eigenvalue weighted by Gasteiger charge is 2.50. The molecular formula is C28H36N5O2P. The van der Waals surface area contributed by atoms with Crippen LogP contribution in [0.15, 0.2) is 78.9 Å². The summed E-state index contributed by atoms with van der Waals surface area (Å²) < 4.78 is 5.45. The molecule has 4 aromatic rings. The maximum Gasteiger partial charge on any atom is 0.190 e. The zero-order valence-electron chi connectivity index (χ0n) is 21.6. The van der Waals surface area contributed by atoms with Gasteiger partial charge >= 0.3 is 0 Å². The molecule has 0 amide bonds. The number of hydrogen-bond donors (Lipinski definition) is 1. The van der Waals surface area contributed by atoms with Crippen molar-refractivity contribution in [2.45, 2.75) is 33.9 Å². The number of carboxylic acids is 1. The van der Waals surface area contributed by atoms with Crippen LogP contribution in [0.2, 0.25) is 0 Å². The molecule has 7 nitrogen and oxygen atoms in total. The lowest BCUT2D eigenvalue weighted by Crippen LogP contribution is -2.42. The third kappa shape index (κ3) is 5.98. The van der Waals surface area contributed by atoms with Gasteiger partial charge in [0.25, 0.3) is 0 Å². The van der Waals surface area contributed by atoms with E-state index in [2.05, 4.69) is 113 Å². The minimum atomic E-state index is -1.62. The summed E-state index contributed by atoms with van der Waals surface area (Å²) in [5.41, 5.74) is 2.42. The van der Waals surface area contributed by atoms with Crippen LogP contribution < -0.4 is 10.4 Å². The Bertz CT molecular complexity index is 1200. The Morgan fingerprint density at radius 1 is 0.806 bits per heavy atom. The molecule has 0 aliphatic rings. The molecule has 36 heavy (non-hydrogen) atoms. The Hall–Kier alpha value is -3.12. The third-order valence-corrected chi connectivity index (χ3v) is 11.3. The fraction of sp³-hybridized carbons (Fsp3) is 0.321. The van der Waals surface area contributed by atoms with Gasteiger partial charge in [0.1, 0.15) is 17.0 Å². The van der Waals surface area contributed by atoms with Gasteiger partial charge in [0, 0.05) is 31.7 Å². The molecule has 0 aliphatic carbocycles. The Balaban J connectivity index is 0.000000249. The largest absolute Gasteiger partial charge is 0.545 e. The highest BCUT2D eigenvalue weighted by molar-refractivity contribution is 7.78. The van der Waals surface area contributed by atoms with Crippen LogP contribution >= 0.6 is 7.56 Å². The summed E-state index contributed by atoms with van der Waals surface area (Å²) in [5.74, 6) is -1.24. The van der Waals surface area contributed by atoms with Crippen molar-refractivity contribution in [2.24, 2.45) is 0 Å². The molecule has 1 N–H and O–H groups in total. The summed E-state index contributed by atoms with van der Waals surface area (Å²) >= 11 is 0. The SMILES string of the molecule is CCN(CC)[P+](Cc1ccccc1)(c1ccccc1)N(CC)CC.O=C([O-])c1cccc2[nH]nnc12. The van der Waals surface area contributed by atoms with Crippen LogP contribution in [0.5, 0.6) is 0 Å². The lowest BCUT2D eigenvalue weighted by Gasteiger charge is -2.42. The first kappa shape index (κ1) is 27.5.